The molecule has 4 rings (SSSR count). The van der Waals surface area contributed by atoms with Gasteiger partial charge in [0, 0.05) is 10.3 Å². The van der Waals surface area contributed by atoms with E-state index in [0.29, 0.717) is 21.9 Å². The predicted octanol–water partition coefficient (Wildman–Crippen LogP) is 3.97. The van der Waals surface area contributed by atoms with E-state index in [1.54, 1.807) is 12.1 Å². The van der Waals surface area contributed by atoms with Crippen LogP contribution in [0.3, 0.4) is 0 Å². The lowest BCUT2D eigenvalue weighted by molar-refractivity contribution is -0.118. The third-order valence-electron chi connectivity index (χ3n) is 4.58. The van der Waals surface area contributed by atoms with E-state index in [9.17, 15) is 14.4 Å². The Hall–Kier alpha value is -3.19. The highest BCUT2D eigenvalue weighted by atomic mass is 32.1. The molecule has 0 saturated heterocycles. The van der Waals surface area contributed by atoms with Crippen molar-refractivity contribution in [2.45, 2.75) is 20.0 Å². The summed E-state index contributed by atoms with van der Waals surface area (Å²) in [6, 6.07) is 12.5. The molecule has 0 aliphatic carbocycles. The van der Waals surface area contributed by atoms with E-state index in [1.807, 2.05) is 31.2 Å². The summed E-state index contributed by atoms with van der Waals surface area (Å²) in [4.78, 5) is 37.3. The number of esters is 1. The zero-order valence-corrected chi connectivity index (χ0v) is 16.1. The quantitative estimate of drug-likeness (QED) is 0.534. The number of ether oxygens (including phenoxy) is 2. The topological polar surface area (TPSA) is 81.7 Å². The summed E-state index contributed by atoms with van der Waals surface area (Å²) >= 11 is 1.35. The normalized spacial score (nSPS) is 14.0. The molecule has 0 bridgehead atoms. The van der Waals surface area contributed by atoms with Crippen LogP contribution in [0.4, 0.5) is 5.69 Å². The molecule has 0 fully saturated rings. The highest BCUT2D eigenvalue weighted by Crippen LogP contribution is 2.32. The summed E-state index contributed by atoms with van der Waals surface area (Å²) in [6.07, 6.45) is -0.963. The highest BCUT2D eigenvalue weighted by molar-refractivity contribution is 7.21. The fraction of sp³-hybridized carbons (Fsp3) is 0.190. The van der Waals surface area contributed by atoms with E-state index < -0.39 is 12.1 Å². The van der Waals surface area contributed by atoms with Gasteiger partial charge in [0.2, 0.25) is 5.78 Å². The maximum atomic E-state index is 12.7. The van der Waals surface area contributed by atoms with Gasteiger partial charge in [-0.15, -0.1) is 11.3 Å². The van der Waals surface area contributed by atoms with Crippen molar-refractivity contribution in [3.8, 4) is 5.75 Å². The van der Waals surface area contributed by atoms with Crippen molar-refractivity contribution < 1.29 is 23.9 Å². The van der Waals surface area contributed by atoms with Gasteiger partial charge in [-0.05, 0) is 49.1 Å². The minimum absolute atomic E-state index is 0.0528. The first-order chi connectivity index (χ1) is 13.4. The van der Waals surface area contributed by atoms with Crippen molar-refractivity contribution in [2.24, 2.45) is 0 Å². The molecule has 7 heteroatoms. The van der Waals surface area contributed by atoms with Gasteiger partial charge >= 0.3 is 5.97 Å². The first-order valence-electron chi connectivity index (χ1n) is 8.74. The number of thiophene rings is 1. The van der Waals surface area contributed by atoms with Gasteiger partial charge in [0.05, 0.1) is 5.69 Å². The van der Waals surface area contributed by atoms with E-state index in [4.69, 9.17) is 9.47 Å². The molecule has 0 saturated carbocycles. The maximum Gasteiger partial charge on any atom is 0.349 e. The summed E-state index contributed by atoms with van der Waals surface area (Å²) in [5.41, 5.74) is 1.61. The molecule has 2 aromatic carbocycles. The summed E-state index contributed by atoms with van der Waals surface area (Å²) in [6.45, 7) is 3.36. The average molecular weight is 395 g/mol. The number of benzene rings is 2. The molecule has 6 nitrogen and oxygen atoms in total. The van der Waals surface area contributed by atoms with E-state index in [2.05, 4.69) is 5.32 Å². The van der Waals surface area contributed by atoms with Crippen LogP contribution in [0.5, 0.6) is 5.75 Å². The third-order valence-corrected chi connectivity index (χ3v) is 5.83. The third kappa shape index (κ3) is 3.25. The van der Waals surface area contributed by atoms with E-state index in [1.165, 1.54) is 24.3 Å². The van der Waals surface area contributed by atoms with Crippen LogP contribution in [0.25, 0.3) is 10.1 Å². The lowest BCUT2D eigenvalue weighted by Gasteiger charge is -2.19. The van der Waals surface area contributed by atoms with Crippen LogP contribution in [0, 0.1) is 6.92 Å². The minimum atomic E-state index is -0.963. The van der Waals surface area contributed by atoms with E-state index >= 15 is 0 Å². The predicted molar refractivity (Wildman–Crippen MR) is 106 cm³/mol. The number of nitrogens with one attached hydrogen (secondary N) is 1. The van der Waals surface area contributed by atoms with Crippen molar-refractivity contribution in [3.05, 3.63) is 58.5 Å². The van der Waals surface area contributed by atoms with Gasteiger partial charge in [-0.25, -0.2) is 4.79 Å². The van der Waals surface area contributed by atoms with Gasteiger partial charge in [0.1, 0.15) is 10.6 Å². The molecule has 1 amide bonds. The second-order valence-corrected chi connectivity index (χ2v) is 7.56. The first kappa shape index (κ1) is 18.2. The van der Waals surface area contributed by atoms with Crippen LogP contribution in [0.15, 0.2) is 42.5 Å². The number of aryl methyl sites for hydroxylation is 1. The fourth-order valence-corrected chi connectivity index (χ4v) is 4.20. The molecule has 1 aliphatic heterocycles. The Bertz CT molecular complexity index is 1120. The number of fused-ring (bicyclic) bond motifs is 2. The molecule has 142 valence electrons. The number of ketones is 1. The van der Waals surface area contributed by atoms with Crippen molar-refractivity contribution in [2.75, 3.05) is 11.9 Å². The van der Waals surface area contributed by atoms with Gasteiger partial charge in [0.25, 0.3) is 5.91 Å². The number of anilines is 1. The van der Waals surface area contributed by atoms with Crippen LogP contribution < -0.4 is 10.1 Å². The van der Waals surface area contributed by atoms with Gasteiger partial charge in [0.15, 0.2) is 12.7 Å². The largest absolute Gasteiger partial charge is 0.482 e. The molecule has 28 heavy (non-hydrogen) atoms. The summed E-state index contributed by atoms with van der Waals surface area (Å²) in [5, 5.41) is 3.66. The van der Waals surface area contributed by atoms with Gasteiger partial charge in [-0.2, -0.15) is 0 Å². The first-order valence-corrected chi connectivity index (χ1v) is 9.55. The Morgan fingerprint density at radius 3 is 2.79 bits per heavy atom. The number of hydrogen-bond donors (Lipinski definition) is 1. The van der Waals surface area contributed by atoms with Crippen LogP contribution in [-0.2, 0) is 9.53 Å². The number of Topliss-reactive ketones (excluding diaryl/α,β-unsaturated/α-hetero) is 1. The molecule has 1 aliphatic rings. The smallest absolute Gasteiger partial charge is 0.349 e. The Labute approximate surface area is 165 Å². The van der Waals surface area contributed by atoms with Gasteiger partial charge in [-0.3, -0.25) is 9.59 Å². The summed E-state index contributed by atoms with van der Waals surface area (Å²) in [7, 11) is 0. The Kier molecular flexibility index (Phi) is 4.60. The SMILES string of the molecule is Cc1c(C(=O)O[C@@H](C)C(=O)c2ccc3c(c2)NC(=O)CO3)sc2ccccc12. The zero-order chi connectivity index (χ0) is 19.8. The summed E-state index contributed by atoms with van der Waals surface area (Å²) < 4.78 is 11.7. The minimum Gasteiger partial charge on any atom is -0.482 e. The van der Waals surface area contributed by atoms with Gasteiger partial charge < -0.3 is 14.8 Å². The second kappa shape index (κ2) is 7.09. The molecule has 0 spiro atoms. The molecular weight excluding hydrogens is 378 g/mol. The van der Waals surface area contributed by atoms with E-state index in [-0.39, 0.29) is 18.3 Å². The van der Waals surface area contributed by atoms with Crippen molar-refractivity contribution in [3.63, 3.8) is 0 Å². The maximum absolute atomic E-state index is 12.7. The lowest BCUT2D eigenvalue weighted by Crippen LogP contribution is -2.27. The molecule has 0 radical (unpaired) electrons. The second-order valence-electron chi connectivity index (χ2n) is 6.51. The number of rotatable bonds is 4. The standard InChI is InChI=1S/C21H17NO5S/c1-11-14-5-3-4-6-17(14)28-20(11)21(25)27-12(2)19(24)13-7-8-16-15(9-13)22-18(23)10-26-16/h3-9,12H,10H2,1-2H3,(H,22,23)/t12-/m0/s1. The number of carbonyl (C=O) groups excluding carboxylic acids is 3. The van der Waals surface area contributed by atoms with E-state index in [0.717, 1.165) is 15.6 Å². The molecule has 0 unspecified atom stereocenters. The fourth-order valence-electron chi connectivity index (χ4n) is 3.11. The molecule has 3 aromatic rings. The Balaban J connectivity index is 1.53. The molecule has 2 heterocycles. The number of hydrogen-bond acceptors (Lipinski definition) is 6. The Morgan fingerprint density at radius 2 is 2.00 bits per heavy atom. The number of carbonyl (C=O) groups is 3. The highest BCUT2D eigenvalue weighted by Gasteiger charge is 2.25. The molecule has 1 aromatic heterocycles. The lowest BCUT2D eigenvalue weighted by atomic mass is 10.1. The monoisotopic (exact) mass is 395 g/mol. The van der Waals surface area contributed by atoms with Crippen LogP contribution in [0.1, 0.15) is 32.5 Å². The van der Waals surface area contributed by atoms with Crippen molar-refractivity contribution in [1.29, 1.82) is 0 Å². The molecular formula is C21H17NO5S. The average Bonchev–Trinajstić information content (AvgIpc) is 3.03. The van der Waals surface area contributed by atoms with Gasteiger partial charge in [-0.1, -0.05) is 18.2 Å². The van der Waals surface area contributed by atoms with Crippen LogP contribution in [0.2, 0.25) is 0 Å². The number of amides is 1. The molecule has 1 atom stereocenters. The van der Waals surface area contributed by atoms with Crippen LogP contribution in [-0.4, -0.2) is 30.4 Å². The Morgan fingerprint density at radius 1 is 1.21 bits per heavy atom. The van der Waals surface area contributed by atoms with Crippen molar-refractivity contribution >= 4 is 44.8 Å². The molecule has 1 N–H and O–H groups in total. The summed E-state index contributed by atoms with van der Waals surface area (Å²) in [5.74, 6) is -0.651. The van der Waals surface area contributed by atoms with Crippen LogP contribution >= 0.6 is 11.3 Å². The zero-order valence-electron chi connectivity index (χ0n) is 15.3. The van der Waals surface area contributed by atoms with Crippen molar-refractivity contribution in [1.82, 2.24) is 0 Å².